The van der Waals surface area contributed by atoms with Gasteiger partial charge in [0.25, 0.3) is 11.8 Å². The molecule has 4 aromatic rings. The molecule has 8 heteroatoms. The lowest BCUT2D eigenvalue weighted by molar-refractivity contribution is -0.190. The van der Waals surface area contributed by atoms with Gasteiger partial charge < -0.3 is 10.6 Å². The molecule has 4 aromatic carbocycles. The predicted molar refractivity (Wildman–Crippen MR) is 153 cm³/mol. The number of nitrogens with one attached hydrogen (secondary N) is 2. The SMILES string of the molecule is O=C1Nc2ccc(F)cc2[C@]12[C@H]1c3ccccc3CCN1[C@]1(C(=O)Nc3ccc(F)cc31)[C@H]1c3ccccc3CCN12. The van der Waals surface area contributed by atoms with Crippen LogP contribution in [-0.2, 0) is 33.5 Å². The first kappa shape index (κ1) is 24.2. The summed E-state index contributed by atoms with van der Waals surface area (Å²) in [6.45, 7) is 0.911. The van der Waals surface area contributed by atoms with E-state index in [4.69, 9.17) is 0 Å². The van der Waals surface area contributed by atoms with Crippen LogP contribution in [0.4, 0.5) is 20.2 Å². The van der Waals surface area contributed by atoms with Crippen LogP contribution in [0.3, 0.4) is 0 Å². The van der Waals surface area contributed by atoms with Crippen LogP contribution >= 0.6 is 0 Å². The predicted octanol–water partition coefficient (Wildman–Crippen LogP) is 5.17. The molecule has 2 amide bonds. The molecule has 0 aliphatic carbocycles. The Labute approximate surface area is 240 Å². The third-order valence-corrected chi connectivity index (χ3v) is 10.2. The van der Waals surface area contributed by atoms with E-state index in [0.29, 0.717) is 48.4 Å². The molecule has 42 heavy (non-hydrogen) atoms. The quantitative estimate of drug-likeness (QED) is 0.312. The monoisotopic (exact) mass is 560 g/mol. The molecule has 0 aromatic heterocycles. The molecular formula is C34H26F2N4O2. The molecule has 5 heterocycles. The van der Waals surface area contributed by atoms with Crippen LogP contribution in [0.25, 0.3) is 0 Å². The summed E-state index contributed by atoms with van der Waals surface area (Å²) >= 11 is 0. The van der Waals surface area contributed by atoms with Gasteiger partial charge in [0.05, 0.1) is 12.1 Å². The molecule has 6 nitrogen and oxygen atoms in total. The lowest BCUT2D eigenvalue weighted by atomic mass is 9.62. The van der Waals surface area contributed by atoms with Crippen molar-refractivity contribution in [3.05, 3.63) is 130 Å². The first-order valence-electron chi connectivity index (χ1n) is 14.4. The zero-order valence-electron chi connectivity index (χ0n) is 22.5. The Bertz CT molecular complexity index is 1740. The molecular weight excluding hydrogens is 534 g/mol. The molecule has 9 rings (SSSR count). The van der Waals surface area contributed by atoms with Gasteiger partial charge in [-0.2, -0.15) is 0 Å². The van der Waals surface area contributed by atoms with Gasteiger partial charge in [-0.1, -0.05) is 48.5 Å². The first-order valence-corrected chi connectivity index (χ1v) is 14.4. The minimum absolute atomic E-state index is 0.244. The number of benzene rings is 4. The lowest BCUT2D eigenvalue weighted by Crippen LogP contribution is -2.75. The Kier molecular flexibility index (Phi) is 4.68. The highest BCUT2D eigenvalue weighted by Crippen LogP contribution is 2.67. The van der Waals surface area contributed by atoms with Gasteiger partial charge in [-0.15, -0.1) is 0 Å². The van der Waals surface area contributed by atoms with Crippen molar-refractivity contribution < 1.29 is 18.4 Å². The lowest BCUT2D eigenvalue weighted by Gasteiger charge is -2.66. The summed E-state index contributed by atoms with van der Waals surface area (Å²) in [5.74, 6) is -1.35. The number of amides is 2. The van der Waals surface area contributed by atoms with E-state index in [9.17, 15) is 9.59 Å². The molecule has 2 spiro atoms. The van der Waals surface area contributed by atoms with E-state index < -0.39 is 34.8 Å². The van der Waals surface area contributed by atoms with E-state index in [1.807, 2.05) is 36.4 Å². The van der Waals surface area contributed by atoms with Gasteiger partial charge in [-0.25, -0.2) is 8.78 Å². The zero-order valence-corrected chi connectivity index (χ0v) is 22.5. The second-order valence-corrected chi connectivity index (χ2v) is 11.9. The van der Waals surface area contributed by atoms with Crippen LogP contribution in [0.5, 0.6) is 0 Å². The minimum atomic E-state index is -1.34. The van der Waals surface area contributed by atoms with Gasteiger partial charge in [0, 0.05) is 35.6 Å². The Morgan fingerprint density at radius 2 is 1.05 bits per heavy atom. The van der Waals surface area contributed by atoms with E-state index in [1.54, 1.807) is 12.1 Å². The molecule has 2 N–H and O–H groups in total. The highest BCUT2D eigenvalue weighted by Gasteiger charge is 2.74. The fourth-order valence-corrected chi connectivity index (χ4v) is 8.78. The Hall–Kier alpha value is -4.40. The molecule has 1 fully saturated rings. The van der Waals surface area contributed by atoms with Crippen LogP contribution < -0.4 is 10.6 Å². The van der Waals surface area contributed by atoms with E-state index >= 15 is 8.78 Å². The van der Waals surface area contributed by atoms with Crippen molar-refractivity contribution in [3.63, 3.8) is 0 Å². The van der Waals surface area contributed by atoms with Gasteiger partial charge in [-0.3, -0.25) is 19.4 Å². The van der Waals surface area contributed by atoms with Gasteiger partial charge in [-0.05, 0) is 71.5 Å². The maximum atomic E-state index is 15.1. The minimum Gasteiger partial charge on any atom is -0.324 e. The summed E-state index contributed by atoms with van der Waals surface area (Å²) in [6.07, 6.45) is 1.29. The smallest absolute Gasteiger partial charge is 0.251 e. The number of rotatable bonds is 0. The Morgan fingerprint density at radius 3 is 1.50 bits per heavy atom. The number of fused-ring (bicyclic) bond motifs is 14. The second-order valence-electron chi connectivity index (χ2n) is 11.9. The number of carbonyl (C=O) groups excluding carboxylic acids is 2. The Morgan fingerprint density at radius 1 is 0.619 bits per heavy atom. The largest absolute Gasteiger partial charge is 0.324 e. The van der Waals surface area contributed by atoms with Crippen LogP contribution in [0, 0.1) is 11.6 Å². The average Bonchev–Trinajstić information content (AvgIpc) is 3.45. The molecule has 5 aliphatic rings. The van der Waals surface area contributed by atoms with Gasteiger partial charge in [0.1, 0.15) is 22.7 Å². The number of piperazine rings is 1. The number of halogens is 2. The number of carbonyl (C=O) groups is 2. The number of hydrogen-bond donors (Lipinski definition) is 2. The maximum absolute atomic E-state index is 15.1. The third kappa shape index (κ3) is 2.70. The average molecular weight is 561 g/mol. The molecule has 0 unspecified atom stereocenters. The van der Waals surface area contributed by atoms with Crippen molar-refractivity contribution in [1.82, 2.24) is 9.80 Å². The Balaban J connectivity index is 1.45. The van der Waals surface area contributed by atoms with Crippen molar-refractivity contribution in [2.24, 2.45) is 0 Å². The van der Waals surface area contributed by atoms with Gasteiger partial charge in [0.2, 0.25) is 0 Å². The summed E-state index contributed by atoms with van der Waals surface area (Å²) in [6, 6.07) is 23.6. The molecule has 1 saturated heterocycles. The molecule has 0 radical (unpaired) electrons. The van der Waals surface area contributed by atoms with E-state index in [1.165, 1.54) is 24.3 Å². The highest BCUT2D eigenvalue weighted by atomic mass is 19.1. The summed E-state index contributed by atoms with van der Waals surface area (Å²) < 4.78 is 30.3. The van der Waals surface area contributed by atoms with Crippen LogP contribution in [0.2, 0.25) is 0 Å². The zero-order chi connectivity index (χ0) is 28.4. The molecule has 208 valence electrons. The second kappa shape index (κ2) is 8.12. The molecule has 4 atom stereocenters. The van der Waals surface area contributed by atoms with Crippen LogP contribution in [0.15, 0.2) is 84.9 Å². The summed E-state index contributed by atoms with van der Waals surface area (Å²) in [7, 11) is 0. The van der Waals surface area contributed by atoms with E-state index in [0.717, 1.165) is 22.3 Å². The van der Waals surface area contributed by atoms with Crippen molar-refractivity contribution in [1.29, 1.82) is 0 Å². The topological polar surface area (TPSA) is 64.7 Å². The third-order valence-electron chi connectivity index (χ3n) is 10.2. The standard InChI is InChI=1S/C34H26F2N4O2/c35-21-9-11-27-25(17-21)33(31(41)37-27)29-23-7-3-1-5-19(23)13-15-39(29)34(26-18-22(36)10-12-28(26)38-32(34)42)30-24-8-4-2-6-20(24)14-16-40(30)33/h1-12,17-18,29-30H,13-16H2,(H,37,41)(H,38,42)/t29-,30-,33+,34+/m1/s1. The van der Waals surface area contributed by atoms with Crippen LogP contribution in [-0.4, -0.2) is 34.7 Å². The molecule has 5 aliphatic heterocycles. The van der Waals surface area contributed by atoms with Crippen molar-refractivity contribution in [2.75, 3.05) is 23.7 Å². The van der Waals surface area contributed by atoms with Crippen molar-refractivity contribution in [3.8, 4) is 0 Å². The number of nitrogens with zero attached hydrogens (tertiary/aromatic N) is 2. The van der Waals surface area contributed by atoms with E-state index in [-0.39, 0.29) is 11.8 Å². The fraction of sp³-hybridized carbons (Fsp3) is 0.235. The normalized spacial score (nSPS) is 28.8. The van der Waals surface area contributed by atoms with Gasteiger partial charge >= 0.3 is 0 Å². The van der Waals surface area contributed by atoms with E-state index in [2.05, 4.69) is 32.6 Å². The van der Waals surface area contributed by atoms with Crippen LogP contribution in [0.1, 0.15) is 45.5 Å². The molecule has 0 saturated carbocycles. The number of anilines is 2. The maximum Gasteiger partial charge on any atom is 0.251 e. The van der Waals surface area contributed by atoms with Crippen molar-refractivity contribution in [2.45, 2.75) is 36.0 Å². The summed E-state index contributed by atoms with van der Waals surface area (Å²) in [5, 5.41) is 6.18. The fourth-order valence-electron chi connectivity index (χ4n) is 8.78. The number of hydrogen-bond acceptors (Lipinski definition) is 4. The van der Waals surface area contributed by atoms with Crippen molar-refractivity contribution >= 4 is 23.2 Å². The van der Waals surface area contributed by atoms with Gasteiger partial charge in [0.15, 0.2) is 0 Å². The molecule has 0 bridgehead atoms. The first-order chi connectivity index (χ1) is 20.5. The highest BCUT2D eigenvalue weighted by molar-refractivity contribution is 6.10. The summed E-state index contributed by atoms with van der Waals surface area (Å²) in [5.41, 5.74) is 3.60. The summed E-state index contributed by atoms with van der Waals surface area (Å²) in [4.78, 5) is 33.6.